The fraction of sp³-hybridized carbons (Fsp3) is 0.643. The van der Waals surface area contributed by atoms with E-state index in [0.29, 0.717) is 6.54 Å². The van der Waals surface area contributed by atoms with Crippen LogP contribution in [0, 0.1) is 5.92 Å². The van der Waals surface area contributed by atoms with Crippen LogP contribution in [0.5, 0.6) is 0 Å². The molecule has 0 amide bonds. The Labute approximate surface area is 131 Å². The molecule has 1 aliphatic rings. The summed E-state index contributed by atoms with van der Waals surface area (Å²) in [5, 5.41) is 0.285. The van der Waals surface area contributed by atoms with Crippen LogP contribution in [0.3, 0.4) is 0 Å². The summed E-state index contributed by atoms with van der Waals surface area (Å²) in [5.74, 6) is 0.817. The Balaban J connectivity index is 1.73. The third-order valence-electron chi connectivity index (χ3n) is 3.83. The second-order valence-electron chi connectivity index (χ2n) is 5.59. The molecule has 7 heteroatoms. The number of likely N-dealkylation sites (tertiary alicyclic amines) is 1. The fourth-order valence-electron chi connectivity index (χ4n) is 2.40. The van der Waals surface area contributed by atoms with Gasteiger partial charge in [-0.25, -0.2) is 18.1 Å². The number of nitrogens with one attached hydrogen (secondary N) is 1. The molecule has 1 fully saturated rings. The fourth-order valence-corrected chi connectivity index (χ4v) is 3.53. The molecule has 0 spiro atoms. The molecule has 0 bridgehead atoms. The van der Waals surface area contributed by atoms with Crippen molar-refractivity contribution in [3.05, 3.63) is 23.5 Å². The van der Waals surface area contributed by atoms with E-state index >= 15 is 0 Å². The van der Waals surface area contributed by atoms with Gasteiger partial charge in [-0.05, 0) is 56.9 Å². The van der Waals surface area contributed by atoms with Gasteiger partial charge in [-0.15, -0.1) is 0 Å². The van der Waals surface area contributed by atoms with Gasteiger partial charge in [0.25, 0.3) is 0 Å². The lowest BCUT2D eigenvalue weighted by Gasteiger charge is -2.30. The van der Waals surface area contributed by atoms with Crippen molar-refractivity contribution in [3.8, 4) is 0 Å². The third-order valence-corrected chi connectivity index (χ3v) is 5.50. The molecule has 1 aliphatic heterocycles. The molecule has 0 unspecified atom stereocenters. The van der Waals surface area contributed by atoms with Gasteiger partial charge in [0, 0.05) is 12.7 Å². The van der Waals surface area contributed by atoms with Crippen LogP contribution in [0.4, 0.5) is 0 Å². The summed E-state index contributed by atoms with van der Waals surface area (Å²) in [6.45, 7) is 5.90. The molecule has 21 heavy (non-hydrogen) atoms. The molecule has 1 N–H and O–H groups in total. The van der Waals surface area contributed by atoms with E-state index in [4.69, 9.17) is 11.6 Å². The zero-order chi connectivity index (χ0) is 15.3. The standard InChI is InChI=1S/C14H22ClN3O2S/c1-12-5-9-18(10-6-12)8-2-7-17-21(19,20)13-3-4-14(15)16-11-13/h3-4,11-12,17H,2,5-10H2,1H3. The van der Waals surface area contributed by atoms with Crippen LogP contribution < -0.4 is 4.72 Å². The monoisotopic (exact) mass is 331 g/mol. The highest BCUT2D eigenvalue weighted by molar-refractivity contribution is 7.89. The number of pyridine rings is 1. The van der Waals surface area contributed by atoms with Gasteiger partial charge in [0.1, 0.15) is 10.0 Å². The Hall–Kier alpha value is -0.690. The molecule has 2 heterocycles. The van der Waals surface area contributed by atoms with Gasteiger partial charge in [0.05, 0.1) is 0 Å². The summed E-state index contributed by atoms with van der Waals surface area (Å²) in [5.41, 5.74) is 0. The summed E-state index contributed by atoms with van der Waals surface area (Å²) in [7, 11) is -3.48. The lowest BCUT2D eigenvalue weighted by Crippen LogP contribution is -2.35. The van der Waals surface area contributed by atoms with E-state index in [2.05, 4.69) is 21.5 Å². The zero-order valence-corrected chi connectivity index (χ0v) is 13.8. The van der Waals surface area contributed by atoms with E-state index in [1.165, 1.54) is 31.2 Å². The van der Waals surface area contributed by atoms with Crippen LogP contribution in [0.25, 0.3) is 0 Å². The second-order valence-corrected chi connectivity index (χ2v) is 7.75. The van der Waals surface area contributed by atoms with Crippen molar-refractivity contribution in [3.63, 3.8) is 0 Å². The highest BCUT2D eigenvalue weighted by Crippen LogP contribution is 2.16. The maximum Gasteiger partial charge on any atom is 0.242 e. The number of piperidine rings is 1. The van der Waals surface area contributed by atoms with Crippen molar-refractivity contribution in [1.82, 2.24) is 14.6 Å². The van der Waals surface area contributed by atoms with Gasteiger partial charge in [0.2, 0.25) is 10.0 Å². The Morgan fingerprint density at radius 1 is 1.38 bits per heavy atom. The topological polar surface area (TPSA) is 62.3 Å². The first-order valence-electron chi connectivity index (χ1n) is 7.31. The molecule has 118 valence electrons. The van der Waals surface area contributed by atoms with Gasteiger partial charge in [-0.1, -0.05) is 18.5 Å². The molecule has 2 rings (SSSR count). The number of rotatable bonds is 6. The second kappa shape index (κ2) is 7.54. The number of hydrogen-bond donors (Lipinski definition) is 1. The quantitative estimate of drug-likeness (QED) is 0.641. The van der Waals surface area contributed by atoms with Gasteiger partial charge in [0.15, 0.2) is 0 Å². The minimum Gasteiger partial charge on any atom is -0.303 e. The highest BCUT2D eigenvalue weighted by atomic mass is 35.5. The first kappa shape index (κ1) is 16.7. The zero-order valence-electron chi connectivity index (χ0n) is 12.3. The summed E-state index contributed by atoms with van der Waals surface area (Å²) in [6.07, 6.45) is 4.57. The lowest BCUT2D eigenvalue weighted by molar-refractivity contribution is 0.191. The van der Waals surface area contributed by atoms with Crippen LogP contribution in [-0.2, 0) is 10.0 Å². The molecule has 0 aromatic carbocycles. The Bertz CT molecular complexity index is 540. The minimum absolute atomic E-state index is 0.152. The third kappa shape index (κ3) is 5.21. The van der Waals surface area contributed by atoms with E-state index in [0.717, 1.165) is 32.0 Å². The summed E-state index contributed by atoms with van der Waals surface area (Å²) < 4.78 is 26.7. The highest BCUT2D eigenvalue weighted by Gasteiger charge is 2.16. The number of hydrogen-bond acceptors (Lipinski definition) is 4. The number of sulfonamides is 1. The SMILES string of the molecule is CC1CCN(CCCNS(=O)(=O)c2ccc(Cl)nc2)CC1. The van der Waals surface area contributed by atoms with E-state index in [1.54, 1.807) is 0 Å². The summed E-state index contributed by atoms with van der Waals surface area (Å²) in [4.78, 5) is 6.34. The maximum atomic E-state index is 12.0. The molecule has 0 radical (unpaired) electrons. The van der Waals surface area contributed by atoms with Crippen molar-refractivity contribution < 1.29 is 8.42 Å². The van der Waals surface area contributed by atoms with Crippen LogP contribution in [0.15, 0.2) is 23.2 Å². The molecular weight excluding hydrogens is 310 g/mol. The van der Waals surface area contributed by atoms with E-state index in [1.807, 2.05) is 0 Å². The van der Waals surface area contributed by atoms with E-state index in [-0.39, 0.29) is 10.0 Å². The first-order valence-corrected chi connectivity index (χ1v) is 9.17. The molecular formula is C14H22ClN3O2S. The molecule has 1 aromatic rings. The number of halogens is 1. The van der Waals surface area contributed by atoms with Crippen LogP contribution >= 0.6 is 11.6 Å². The first-order chi connectivity index (χ1) is 9.97. The molecule has 1 saturated heterocycles. The predicted molar refractivity (Wildman–Crippen MR) is 83.9 cm³/mol. The molecule has 0 atom stereocenters. The largest absolute Gasteiger partial charge is 0.303 e. The van der Waals surface area contributed by atoms with Gasteiger partial charge in [-0.3, -0.25) is 0 Å². The van der Waals surface area contributed by atoms with Crippen molar-refractivity contribution in [2.45, 2.75) is 31.1 Å². The van der Waals surface area contributed by atoms with Gasteiger partial charge in [-0.2, -0.15) is 0 Å². The van der Waals surface area contributed by atoms with E-state index < -0.39 is 10.0 Å². The van der Waals surface area contributed by atoms with Gasteiger partial charge >= 0.3 is 0 Å². The lowest BCUT2D eigenvalue weighted by atomic mass is 9.99. The normalized spacial score (nSPS) is 18.0. The van der Waals surface area contributed by atoms with Crippen LogP contribution in [0.2, 0.25) is 5.15 Å². The summed E-state index contributed by atoms with van der Waals surface area (Å²) in [6, 6.07) is 2.94. The number of nitrogens with zero attached hydrogens (tertiary/aromatic N) is 2. The Kier molecular flexibility index (Phi) is 5.98. The van der Waals surface area contributed by atoms with Crippen molar-refractivity contribution in [1.29, 1.82) is 0 Å². The maximum absolute atomic E-state index is 12.0. The molecule has 0 saturated carbocycles. The van der Waals surface area contributed by atoms with Crippen LogP contribution in [0.1, 0.15) is 26.2 Å². The molecule has 0 aliphatic carbocycles. The average molecular weight is 332 g/mol. The summed E-state index contributed by atoms with van der Waals surface area (Å²) >= 11 is 5.65. The number of aromatic nitrogens is 1. The van der Waals surface area contributed by atoms with Gasteiger partial charge < -0.3 is 4.90 Å². The van der Waals surface area contributed by atoms with Crippen molar-refractivity contribution in [2.75, 3.05) is 26.2 Å². The predicted octanol–water partition coefficient (Wildman–Crippen LogP) is 2.14. The van der Waals surface area contributed by atoms with Crippen molar-refractivity contribution >= 4 is 21.6 Å². The molecule has 5 nitrogen and oxygen atoms in total. The Morgan fingerprint density at radius 2 is 2.10 bits per heavy atom. The Morgan fingerprint density at radius 3 is 2.71 bits per heavy atom. The van der Waals surface area contributed by atoms with E-state index in [9.17, 15) is 8.42 Å². The minimum atomic E-state index is -3.48. The average Bonchev–Trinajstić information content (AvgIpc) is 2.46. The smallest absolute Gasteiger partial charge is 0.242 e. The van der Waals surface area contributed by atoms with Crippen LogP contribution in [-0.4, -0.2) is 44.5 Å². The molecule has 1 aromatic heterocycles. The van der Waals surface area contributed by atoms with Crippen molar-refractivity contribution in [2.24, 2.45) is 5.92 Å².